The van der Waals surface area contributed by atoms with Gasteiger partial charge >= 0.3 is 0 Å². The molecular formula is C13H13ClN2O4S. The highest BCUT2D eigenvalue weighted by Crippen LogP contribution is 2.20. The van der Waals surface area contributed by atoms with Gasteiger partial charge in [0.15, 0.2) is 0 Å². The Morgan fingerprint density at radius 2 is 1.90 bits per heavy atom. The molecule has 21 heavy (non-hydrogen) atoms. The van der Waals surface area contributed by atoms with Crippen molar-refractivity contribution in [2.24, 2.45) is 5.73 Å². The number of carbonyl (C=O) groups excluding carboxylic acids is 1. The zero-order valence-corrected chi connectivity index (χ0v) is 12.5. The molecule has 0 aliphatic heterocycles. The van der Waals surface area contributed by atoms with Gasteiger partial charge in [-0.15, -0.1) is 0 Å². The lowest BCUT2D eigenvalue weighted by molar-refractivity contribution is -0.118. The van der Waals surface area contributed by atoms with E-state index in [-0.39, 0.29) is 11.4 Å². The van der Waals surface area contributed by atoms with E-state index in [9.17, 15) is 13.2 Å². The Kier molecular flexibility index (Phi) is 4.66. The normalized spacial score (nSPS) is 11.7. The van der Waals surface area contributed by atoms with Crippen molar-refractivity contribution in [1.29, 1.82) is 0 Å². The molecular weight excluding hydrogens is 316 g/mol. The average molecular weight is 329 g/mol. The highest BCUT2D eigenvalue weighted by Gasteiger charge is 2.26. The molecule has 0 fully saturated rings. The summed E-state index contributed by atoms with van der Waals surface area (Å²) in [5, 5.41) is 0.418. The number of amides is 1. The molecule has 0 unspecified atom stereocenters. The van der Waals surface area contributed by atoms with Crippen molar-refractivity contribution in [2.45, 2.75) is 11.4 Å². The van der Waals surface area contributed by atoms with E-state index in [0.717, 1.165) is 4.31 Å². The van der Waals surface area contributed by atoms with E-state index in [1.54, 1.807) is 12.1 Å². The van der Waals surface area contributed by atoms with Crippen molar-refractivity contribution in [1.82, 2.24) is 4.31 Å². The monoisotopic (exact) mass is 328 g/mol. The second-order valence-electron chi connectivity index (χ2n) is 4.27. The summed E-state index contributed by atoms with van der Waals surface area (Å²) in [6.45, 7) is -0.521. The minimum atomic E-state index is -3.88. The van der Waals surface area contributed by atoms with Gasteiger partial charge in [-0.2, -0.15) is 4.31 Å². The van der Waals surface area contributed by atoms with E-state index in [1.807, 2.05) is 0 Å². The number of primary amides is 1. The van der Waals surface area contributed by atoms with E-state index >= 15 is 0 Å². The van der Waals surface area contributed by atoms with Crippen LogP contribution >= 0.6 is 11.6 Å². The summed E-state index contributed by atoms with van der Waals surface area (Å²) in [6, 6.07) is 8.91. The van der Waals surface area contributed by atoms with Crippen LogP contribution in [0.15, 0.2) is 52.0 Å². The highest BCUT2D eigenvalue weighted by atomic mass is 35.5. The molecule has 6 nitrogen and oxygen atoms in total. The third-order valence-electron chi connectivity index (χ3n) is 2.70. The van der Waals surface area contributed by atoms with Crippen LogP contribution in [-0.2, 0) is 21.4 Å². The molecule has 112 valence electrons. The van der Waals surface area contributed by atoms with Crippen LogP contribution in [0, 0.1) is 0 Å². The Labute approximate surface area is 127 Å². The average Bonchev–Trinajstić information content (AvgIpc) is 2.91. The summed E-state index contributed by atoms with van der Waals surface area (Å²) in [7, 11) is -3.88. The molecule has 1 heterocycles. The van der Waals surface area contributed by atoms with E-state index in [4.69, 9.17) is 21.8 Å². The first-order chi connectivity index (χ1) is 9.89. The van der Waals surface area contributed by atoms with Crippen LogP contribution in [0.25, 0.3) is 0 Å². The second kappa shape index (κ2) is 6.30. The predicted molar refractivity (Wildman–Crippen MR) is 77.0 cm³/mol. The lowest BCUT2D eigenvalue weighted by Gasteiger charge is -2.19. The molecule has 1 aromatic heterocycles. The molecule has 0 aliphatic carbocycles. The Morgan fingerprint density at radius 3 is 2.43 bits per heavy atom. The van der Waals surface area contributed by atoms with E-state index in [0.29, 0.717) is 10.8 Å². The van der Waals surface area contributed by atoms with E-state index in [1.165, 1.54) is 30.5 Å². The summed E-state index contributed by atoms with van der Waals surface area (Å²) >= 11 is 5.74. The molecule has 2 N–H and O–H groups in total. The molecule has 0 bridgehead atoms. The van der Waals surface area contributed by atoms with Crippen molar-refractivity contribution < 1.29 is 17.6 Å². The fraction of sp³-hybridized carbons (Fsp3) is 0.154. The topological polar surface area (TPSA) is 93.6 Å². The predicted octanol–water partition coefficient (Wildman–Crippen LogP) is 1.61. The number of carbonyl (C=O) groups is 1. The molecule has 2 aromatic rings. The highest BCUT2D eigenvalue weighted by molar-refractivity contribution is 7.89. The van der Waals surface area contributed by atoms with Gasteiger partial charge in [-0.25, -0.2) is 8.42 Å². The zero-order chi connectivity index (χ0) is 15.5. The van der Waals surface area contributed by atoms with Gasteiger partial charge in [-0.3, -0.25) is 4.79 Å². The van der Waals surface area contributed by atoms with Crippen LogP contribution in [0.4, 0.5) is 0 Å². The molecule has 1 amide bonds. The van der Waals surface area contributed by atoms with Gasteiger partial charge in [0.2, 0.25) is 15.9 Å². The fourth-order valence-electron chi connectivity index (χ4n) is 1.73. The number of benzene rings is 1. The lowest BCUT2D eigenvalue weighted by Crippen LogP contribution is -2.37. The van der Waals surface area contributed by atoms with Gasteiger partial charge in [0.1, 0.15) is 5.76 Å². The lowest BCUT2D eigenvalue weighted by atomic mass is 10.4. The Morgan fingerprint density at radius 1 is 1.24 bits per heavy atom. The molecule has 0 saturated heterocycles. The third-order valence-corrected chi connectivity index (χ3v) is 4.75. The van der Waals surface area contributed by atoms with Crippen LogP contribution in [0.5, 0.6) is 0 Å². The number of rotatable bonds is 6. The molecule has 1 aromatic carbocycles. The standard InChI is InChI=1S/C13H13ClN2O4S/c14-10-3-5-12(6-4-10)21(18,19)16(9-13(15)17)8-11-2-1-7-20-11/h1-7H,8-9H2,(H2,15,17). The molecule has 0 radical (unpaired) electrons. The number of nitrogens with two attached hydrogens (primary N) is 1. The molecule has 0 spiro atoms. The van der Waals surface area contributed by atoms with Crippen LogP contribution in [0.2, 0.25) is 5.02 Å². The van der Waals surface area contributed by atoms with Gasteiger partial charge in [0.25, 0.3) is 0 Å². The maximum atomic E-state index is 12.5. The maximum Gasteiger partial charge on any atom is 0.243 e. The van der Waals surface area contributed by atoms with Crippen LogP contribution in [0.1, 0.15) is 5.76 Å². The Hall–Kier alpha value is -1.83. The van der Waals surface area contributed by atoms with Gasteiger partial charge in [0.05, 0.1) is 24.2 Å². The van der Waals surface area contributed by atoms with Crippen molar-refractivity contribution >= 4 is 27.5 Å². The number of nitrogens with zero attached hydrogens (tertiary/aromatic N) is 1. The summed E-state index contributed by atoms with van der Waals surface area (Å²) in [4.78, 5) is 11.2. The third kappa shape index (κ3) is 3.84. The minimum Gasteiger partial charge on any atom is -0.468 e. The van der Waals surface area contributed by atoms with Gasteiger partial charge < -0.3 is 10.2 Å². The fourth-order valence-corrected chi connectivity index (χ4v) is 3.23. The number of furan rings is 1. The van der Waals surface area contributed by atoms with Crippen LogP contribution in [-0.4, -0.2) is 25.2 Å². The quantitative estimate of drug-likeness (QED) is 0.871. The number of sulfonamides is 1. The van der Waals surface area contributed by atoms with E-state index < -0.39 is 22.5 Å². The maximum absolute atomic E-state index is 12.5. The summed E-state index contributed by atoms with van der Waals surface area (Å²) in [6.07, 6.45) is 1.42. The van der Waals surface area contributed by atoms with Crippen molar-refractivity contribution in [2.75, 3.05) is 6.54 Å². The largest absolute Gasteiger partial charge is 0.468 e. The van der Waals surface area contributed by atoms with E-state index in [2.05, 4.69) is 0 Å². The molecule has 2 rings (SSSR count). The molecule has 0 saturated carbocycles. The number of halogens is 1. The second-order valence-corrected chi connectivity index (χ2v) is 6.65. The van der Waals surface area contributed by atoms with Crippen LogP contribution in [0.3, 0.4) is 0 Å². The van der Waals surface area contributed by atoms with Crippen molar-refractivity contribution in [3.05, 3.63) is 53.4 Å². The minimum absolute atomic E-state index is 0.0275. The Bertz CT molecular complexity index is 711. The number of hydrogen-bond donors (Lipinski definition) is 1. The zero-order valence-electron chi connectivity index (χ0n) is 10.9. The first kappa shape index (κ1) is 15.6. The smallest absolute Gasteiger partial charge is 0.243 e. The van der Waals surface area contributed by atoms with Crippen LogP contribution < -0.4 is 5.73 Å². The van der Waals surface area contributed by atoms with Gasteiger partial charge in [-0.1, -0.05) is 11.6 Å². The van der Waals surface area contributed by atoms with Crippen molar-refractivity contribution in [3.8, 4) is 0 Å². The molecule has 0 aliphatic rings. The summed E-state index contributed by atoms with van der Waals surface area (Å²) in [5.41, 5.74) is 5.12. The van der Waals surface area contributed by atoms with Gasteiger partial charge in [-0.05, 0) is 36.4 Å². The summed E-state index contributed by atoms with van der Waals surface area (Å²) in [5.74, 6) is -0.340. The molecule has 0 atom stereocenters. The van der Waals surface area contributed by atoms with Crippen molar-refractivity contribution in [3.63, 3.8) is 0 Å². The first-order valence-electron chi connectivity index (χ1n) is 5.96. The Balaban J connectivity index is 2.34. The van der Waals surface area contributed by atoms with Gasteiger partial charge in [0, 0.05) is 5.02 Å². The number of hydrogen-bond acceptors (Lipinski definition) is 4. The SMILES string of the molecule is NC(=O)CN(Cc1ccco1)S(=O)(=O)c1ccc(Cl)cc1. The summed E-state index contributed by atoms with van der Waals surface area (Å²) < 4.78 is 31.1. The first-order valence-corrected chi connectivity index (χ1v) is 7.78. The molecule has 8 heteroatoms.